The van der Waals surface area contributed by atoms with Crippen molar-refractivity contribution in [1.29, 1.82) is 0 Å². The first-order valence-electron chi connectivity index (χ1n) is 4.99. The first-order valence-corrected chi connectivity index (χ1v) is 5.37. The van der Waals surface area contributed by atoms with E-state index in [2.05, 4.69) is 15.6 Å². The van der Waals surface area contributed by atoms with Gasteiger partial charge in [0.2, 0.25) is 0 Å². The molecule has 0 fully saturated rings. The number of rotatable bonds is 2. The number of nitrogens with zero attached hydrogens (tertiary/aromatic N) is 1. The van der Waals surface area contributed by atoms with E-state index in [0.717, 1.165) is 0 Å². The van der Waals surface area contributed by atoms with Crippen molar-refractivity contribution < 1.29 is 4.79 Å². The normalized spacial score (nSPS) is 9.71. The molecule has 86 valence electrons. The summed E-state index contributed by atoms with van der Waals surface area (Å²) in [5, 5.41) is 5.63. The van der Waals surface area contributed by atoms with Crippen molar-refractivity contribution in [1.82, 2.24) is 4.98 Å². The molecule has 0 radical (unpaired) electrons. The monoisotopic (exact) mass is 247 g/mol. The maximum absolute atomic E-state index is 11.6. The zero-order chi connectivity index (χ0) is 12.1. The molecule has 2 aromatic rings. The molecule has 0 unspecified atom stereocenters. The van der Waals surface area contributed by atoms with E-state index >= 15 is 0 Å². The number of para-hydroxylation sites is 1. The van der Waals surface area contributed by atoms with Crippen molar-refractivity contribution in [2.24, 2.45) is 0 Å². The molecule has 1 aromatic heterocycles. The molecular weight excluding hydrogens is 238 g/mol. The van der Waals surface area contributed by atoms with Gasteiger partial charge in [-0.3, -0.25) is 5.32 Å². The van der Waals surface area contributed by atoms with E-state index in [9.17, 15) is 4.79 Å². The number of carbonyl (C=O) groups is 1. The largest absolute Gasteiger partial charge is 0.324 e. The highest BCUT2D eigenvalue weighted by Crippen LogP contribution is 2.17. The zero-order valence-electron chi connectivity index (χ0n) is 8.85. The van der Waals surface area contributed by atoms with Gasteiger partial charge in [0.1, 0.15) is 0 Å². The number of anilines is 2. The Morgan fingerprint density at radius 1 is 1.06 bits per heavy atom. The second-order valence-electron chi connectivity index (χ2n) is 3.28. The van der Waals surface area contributed by atoms with Gasteiger partial charge in [0, 0.05) is 11.9 Å². The van der Waals surface area contributed by atoms with E-state index in [1.165, 1.54) is 0 Å². The Hall–Kier alpha value is -2.07. The lowest BCUT2D eigenvalue weighted by atomic mass is 10.3. The van der Waals surface area contributed by atoms with E-state index in [0.29, 0.717) is 16.5 Å². The molecule has 0 saturated carbocycles. The van der Waals surface area contributed by atoms with Crippen LogP contribution in [0.4, 0.5) is 16.3 Å². The minimum atomic E-state index is -0.378. The van der Waals surface area contributed by atoms with Crippen LogP contribution in [-0.2, 0) is 0 Å². The molecule has 0 atom stereocenters. The lowest BCUT2D eigenvalue weighted by Gasteiger charge is -2.07. The minimum absolute atomic E-state index is 0.336. The van der Waals surface area contributed by atoms with Gasteiger partial charge < -0.3 is 5.32 Å². The van der Waals surface area contributed by atoms with Gasteiger partial charge in [0.05, 0.1) is 5.02 Å². The second kappa shape index (κ2) is 5.32. The van der Waals surface area contributed by atoms with Crippen molar-refractivity contribution in [3.63, 3.8) is 0 Å². The summed E-state index contributed by atoms with van der Waals surface area (Å²) in [6.45, 7) is 0. The Labute approximate surface area is 104 Å². The number of carbonyl (C=O) groups excluding carboxylic acids is 1. The fraction of sp³-hybridized carbons (Fsp3) is 0. The summed E-state index contributed by atoms with van der Waals surface area (Å²) in [6, 6.07) is 12.1. The average molecular weight is 248 g/mol. The van der Waals surface area contributed by atoms with E-state index < -0.39 is 0 Å². The number of aromatic nitrogens is 1. The Bertz CT molecular complexity index is 516. The van der Waals surface area contributed by atoms with Gasteiger partial charge in [-0.15, -0.1) is 0 Å². The summed E-state index contributed by atoms with van der Waals surface area (Å²) in [6.07, 6.45) is 1.56. The third kappa shape index (κ3) is 3.19. The first kappa shape index (κ1) is 11.4. The van der Waals surface area contributed by atoms with E-state index in [1.807, 2.05) is 18.2 Å². The number of nitrogens with one attached hydrogen (secondary N) is 2. The third-order valence-corrected chi connectivity index (χ3v) is 2.33. The highest BCUT2D eigenvalue weighted by Gasteiger charge is 2.05. The van der Waals surface area contributed by atoms with Gasteiger partial charge in [0.15, 0.2) is 5.82 Å². The molecule has 4 nitrogen and oxygen atoms in total. The van der Waals surface area contributed by atoms with Crippen LogP contribution in [0, 0.1) is 0 Å². The number of hydrogen-bond donors (Lipinski definition) is 2. The summed E-state index contributed by atoms with van der Waals surface area (Å²) >= 11 is 5.87. The first-order chi connectivity index (χ1) is 8.25. The predicted octanol–water partition coefficient (Wildman–Crippen LogP) is 3.38. The molecule has 0 aliphatic carbocycles. The molecule has 0 aliphatic heterocycles. The number of urea groups is 1. The van der Waals surface area contributed by atoms with Crippen molar-refractivity contribution >= 4 is 29.1 Å². The van der Waals surface area contributed by atoms with E-state index in [4.69, 9.17) is 11.6 Å². The molecule has 17 heavy (non-hydrogen) atoms. The number of halogens is 1. The third-order valence-electron chi connectivity index (χ3n) is 2.02. The van der Waals surface area contributed by atoms with Crippen molar-refractivity contribution in [3.05, 3.63) is 53.7 Å². The van der Waals surface area contributed by atoms with Crippen LogP contribution in [-0.4, -0.2) is 11.0 Å². The zero-order valence-corrected chi connectivity index (χ0v) is 9.61. The molecule has 0 spiro atoms. The van der Waals surface area contributed by atoms with Crippen LogP contribution in [0.15, 0.2) is 48.7 Å². The summed E-state index contributed by atoms with van der Waals surface area (Å²) < 4.78 is 0. The van der Waals surface area contributed by atoms with E-state index in [1.54, 1.807) is 30.5 Å². The van der Waals surface area contributed by atoms with Crippen LogP contribution in [0.5, 0.6) is 0 Å². The lowest BCUT2D eigenvalue weighted by Crippen LogP contribution is -2.20. The Balaban J connectivity index is 2.01. The van der Waals surface area contributed by atoms with Gasteiger partial charge in [-0.25, -0.2) is 9.78 Å². The van der Waals surface area contributed by atoms with Gasteiger partial charge in [-0.05, 0) is 24.3 Å². The predicted molar refractivity (Wildman–Crippen MR) is 68.3 cm³/mol. The van der Waals surface area contributed by atoms with Crippen LogP contribution < -0.4 is 10.6 Å². The molecule has 1 heterocycles. The minimum Gasteiger partial charge on any atom is -0.308 e. The maximum Gasteiger partial charge on any atom is 0.324 e. The summed E-state index contributed by atoms with van der Waals surface area (Å²) in [4.78, 5) is 15.6. The number of benzene rings is 1. The topological polar surface area (TPSA) is 54.0 Å². The molecule has 0 aliphatic rings. The molecule has 2 rings (SSSR count). The SMILES string of the molecule is O=C(Nc1ccccc1)Nc1ncccc1Cl. The fourth-order valence-corrected chi connectivity index (χ4v) is 1.44. The second-order valence-corrected chi connectivity index (χ2v) is 3.69. The van der Waals surface area contributed by atoms with Crippen LogP contribution >= 0.6 is 11.6 Å². The number of pyridine rings is 1. The van der Waals surface area contributed by atoms with Crippen LogP contribution in [0.1, 0.15) is 0 Å². The summed E-state index contributed by atoms with van der Waals surface area (Å²) in [7, 11) is 0. The quantitative estimate of drug-likeness (QED) is 0.855. The van der Waals surface area contributed by atoms with E-state index in [-0.39, 0.29) is 6.03 Å². The Morgan fingerprint density at radius 2 is 1.82 bits per heavy atom. The van der Waals surface area contributed by atoms with Crippen LogP contribution in [0.3, 0.4) is 0 Å². The molecular formula is C12H10ClN3O. The van der Waals surface area contributed by atoms with Gasteiger partial charge in [-0.2, -0.15) is 0 Å². The number of hydrogen-bond acceptors (Lipinski definition) is 2. The molecule has 2 N–H and O–H groups in total. The smallest absolute Gasteiger partial charge is 0.308 e. The highest BCUT2D eigenvalue weighted by atomic mass is 35.5. The highest BCUT2D eigenvalue weighted by molar-refractivity contribution is 6.33. The number of amides is 2. The lowest BCUT2D eigenvalue weighted by molar-refractivity contribution is 0.262. The van der Waals surface area contributed by atoms with Crippen LogP contribution in [0.25, 0.3) is 0 Å². The molecule has 5 heteroatoms. The van der Waals surface area contributed by atoms with Gasteiger partial charge >= 0.3 is 6.03 Å². The van der Waals surface area contributed by atoms with Crippen molar-refractivity contribution in [2.75, 3.05) is 10.6 Å². The van der Waals surface area contributed by atoms with Crippen LogP contribution in [0.2, 0.25) is 5.02 Å². The maximum atomic E-state index is 11.6. The standard InChI is InChI=1S/C12H10ClN3O/c13-10-7-4-8-14-11(10)16-12(17)15-9-5-2-1-3-6-9/h1-8H,(H2,14,15,16,17). The van der Waals surface area contributed by atoms with Crippen molar-refractivity contribution in [2.45, 2.75) is 0 Å². The average Bonchev–Trinajstić information content (AvgIpc) is 2.33. The molecule has 1 aromatic carbocycles. The van der Waals surface area contributed by atoms with Crippen molar-refractivity contribution in [3.8, 4) is 0 Å². The van der Waals surface area contributed by atoms with Gasteiger partial charge in [-0.1, -0.05) is 29.8 Å². The summed E-state index contributed by atoms with van der Waals surface area (Å²) in [5.74, 6) is 0.336. The Kier molecular flexibility index (Phi) is 3.57. The Morgan fingerprint density at radius 3 is 2.53 bits per heavy atom. The summed E-state index contributed by atoms with van der Waals surface area (Å²) in [5.41, 5.74) is 0.706. The molecule has 2 amide bonds. The fourth-order valence-electron chi connectivity index (χ4n) is 1.27. The van der Waals surface area contributed by atoms with Gasteiger partial charge in [0.25, 0.3) is 0 Å². The molecule has 0 bridgehead atoms. The molecule has 0 saturated heterocycles.